The maximum Gasteiger partial charge on any atom is 0.230 e. The fraction of sp³-hybridized carbons (Fsp3) is 0.667. The molecule has 2 heterocycles. The first-order chi connectivity index (χ1) is 16.7. The molecule has 0 bridgehead atoms. The number of carbonyl (C=O) groups is 2. The molecule has 0 spiro atoms. The number of carbonyl (C=O) groups excluding carboxylic acids is 2. The van der Waals surface area contributed by atoms with E-state index in [1.807, 2.05) is 4.90 Å². The molecule has 2 fully saturated rings. The van der Waals surface area contributed by atoms with Gasteiger partial charge in [-0.05, 0) is 50.0 Å². The van der Waals surface area contributed by atoms with Crippen LogP contribution in [-0.4, -0.2) is 52.2 Å². The number of amides is 2. The third-order valence-electron chi connectivity index (χ3n) is 7.32. The molecule has 2 N–H and O–H groups in total. The van der Waals surface area contributed by atoms with Gasteiger partial charge in [-0.25, -0.2) is 0 Å². The van der Waals surface area contributed by atoms with Crippen molar-refractivity contribution >= 4 is 28.7 Å². The Morgan fingerprint density at radius 3 is 2.60 bits per heavy atom. The molecule has 4 unspecified atom stereocenters. The van der Waals surface area contributed by atoms with Crippen molar-refractivity contribution in [1.29, 1.82) is 0 Å². The third kappa shape index (κ3) is 5.96. The van der Waals surface area contributed by atoms with Gasteiger partial charge in [-0.3, -0.25) is 15.0 Å². The Bertz CT molecular complexity index is 932. The van der Waals surface area contributed by atoms with Crippen LogP contribution in [0.15, 0.2) is 29.4 Å². The first-order valence-electron chi connectivity index (χ1n) is 13.1. The standard InChI is InChI=1S/C27H41N5O2S/c1-17(2)12-13-31-25(34)22-11-10-21(24(33)28-15-18(3)4)14-23(22)32-26(31)29-30-27(32)35-16-20-8-6-19(5)7-9-20/h6-9,17-18,21-23,26,29H,10-16H2,1-5H3,(H,28,33). The van der Waals surface area contributed by atoms with E-state index in [2.05, 4.69) is 74.5 Å². The summed E-state index contributed by atoms with van der Waals surface area (Å²) < 4.78 is 0. The highest BCUT2D eigenvalue weighted by molar-refractivity contribution is 8.13. The zero-order valence-electron chi connectivity index (χ0n) is 21.8. The SMILES string of the molecule is Cc1ccc(CSC2=NNC3N(CCC(C)C)C(=O)C4CCC(C(=O)NCC(C)C)CC4N23)cc1. The van der Waals surface area contributed by atoms with Gasteiger partial charge in [0.15, 0.2) is 11.5 Å². The number of nitrogens with zero attached hydrogens (tertiary/aromatic N) is 3. The number of rotatable bonds is 8. The Morgan fingerprint density at radius 1 is 1.17 bits per heavy atom. The van der Waals surface area contributed by atoms with Crippen LogP contribution in [0, 0.1) is 30.6 Å². The molecular weight excluding hydrogens is 458 g/mol. The van der Waals surface area contributed by atoms with Crippen molar-refractivity contribution < 1.29 is 9.59 Å². The summed E-state index contributed by atoms with van der Waals surface area (Å²) in [6, 6.07) is 8.59. The predicted octanol–water partition coefficient (Wildman–Crippen LogP) is 4.13. The second-order valence-electron chi connectivity index (χ2n) is 11.1. The lowest BCUT2D eigenvalue weighted by atomic mass is 9.75. The molecule has 4 atom stereocenters. The average molecular weight is 500 g/mol. The summed E-state index contributed by atoms with van der Waals surface area (Å²) in [5.41, 5.74) is 5.78. The summed E-state index contributed by atoms with van der Waals surface area (Å²) >= 11 is 1.71. The number of benzene rings is 1. The fourth-order valence-electron chi connectivity index (χ4n) is 5.21. The van der Waals surface area contributed by atoms with Crippen molar-refractivity contribution in [2.45, 2.75) is 78.4 Å². The summed E-state index contributed by atoms with van der Waals surface area (Å²) in [7, 11) is 0. The molecule has 2 amide bonds. The molecule has 7 nitrogen and oxygen atoms in total. The molecule has 1 saturated carbocycles. The van der Waals surface area contributed by atoms with E-state index in [0.29, 0.717) is 24.8 Å². The number of thioether (sulfide) groups is 1. The summed E-state index contributed by atoms with van der Waals surface area (Å²) in [6.07, 6.45) is 2.91. The van der Waals surface area contributed by atoms with Gasteiger partial charge in [-0.15, -0.1) is 0 Å². The molecule has 8 heteroatoms. The van der Waals surface area contributed by atoms with Crippen LogP contribution in [0.3, 0.4) is 0 Å². The van der Waals surface area contributed by atoms with Crippen LogP contribution in [0.25, 0.3) is 0 Å². The monoisotopic (exact) mass is 499 g/mol. The number of amidine groups is 1. The van der Waals surface area contributed by atoms with Crippen LogP contribution < -0.4 is 10.7 Å². The first kappa shape index (κ1) is 25.9. The van der Waals surface area contributed by atoms with E-state index in [9.17, 15) is 9.59 Å². The van der Waals surface area contributed by atoms with Crippen LogP contribution in [0.1, 0.15) is 64.5 Å². The van der Waals surface area contributed by atoms with Crippen molar-refractivity contribution in [3.05, 3.63) is 35.4 Å². The second-order valence-corrected chi connectivity index (χ2v) is 12.1. The van der Waals surface area contributed by atoms with E-state index >= 15 is 0 Å². The molecule has 1 saturated heterocycles. The zero-order chi connectivity index (χ0) is 25.1. The molecule has 1 aromatic rings. The van der Waals surface area contributed by atoms with Gasteiger partial charge in [0.25, 0.3) is 0 Å². The summed E-state index contributed by atoms with van der Waals surface area (Å²) in [5.74, 6) is 1.95. The minimum Gasteiger partial charge on any atom is -0.356 e. The molecule has 0 radical (unpaired) electrons. The maximum absolute atomic E-state index is 13.6. The van der Waals surface area contributed by atoms with Crippen LogP contribution in [0.2, 0.25) is 0 Å². The number of nitrogens with one attached hydrogen (secondary N) is 2. The lowest BCUT2D eigenvalue weighted by Crippen LogP contribution is -2.68. The minimum absolute atomic E-state index is 0.00869. The van der Waals surface area contributed by atoms with E-state index < -0.39 is 0 Å². The molecule has 1 aromatic carbocycles. The summed E-state index contributed by atoms with van der Waals surface area (Å²) in [5, 5.41) is 8.75. The van der Waals surface area contributed by atoms with Crippen LogP contribution in [-0.2, 0) is 15.3 Å². The van der Waals surface area contributed by atoms with Crippen molar-refractivity contribution in [2.24, 2.45) is 28.8 Å². The average Bonchev–Trinajstić information content (AvgIpc) is 3.25. The van der Waals surface area contributed by atoms with Crippen LogP contribution in [0.5, 0.6) is 0 Å². The van der Waals surface area contributed by atoms with Gasteiger partial charge in [-0.2, -0.15) is 5.10 Å². The lowest BCUT2D eigenvalue weighted by molar-refractivity contribution is -0.158. The second kappa shape index (κ2) is 11.2. The summed E-state index contributed by atoms with van der Waals surface area (Å²) in [6.45, 7) is 12.1. The number of hydrogen-bond acceptors (Lipinski definition) is 6. The lowest BCUT2D eigenvalue weighted by Gasteiger charge is -2.51. The minimum atomic E-state index is -0.263. The summed E-state index contributed by atoms with van der Waals surface area (Å²) in [4.78, 5) is 30.9. The molecule has 35 heavy (non-hydrogen) atoms. The first-order valence-corrected chi connectivity index (χ1v) is 14.1. The Kier molecular flexibility index (Phi) is 8.30. The number of aryl methyl sites for hydroxylation is 1. The van der Waals surface area contributed by atoms with Gasteiger partial charge >= 0.3 is 0 Å². The molecule has 3 aliphatic rings. The maximum atomic E-state index is 13.6. The number of hydrazone groups is 1. The zero-order valence-corrected chi connectivity index (χ0v) is 22.6. The van der Waals surface area contributed by atoms with Crippen LogP contribution >= 0.6 is 11.8 Å². The van der Waals surface area contributed by atoms with Gasteiger partial charge in [0, 0.05) is 30.8 Å². The molecule has 0 aromatic heterocycles. The van der Waals surface area contributed by atoms with E-state index in [-0.39, 0.29) is 36.0 Å². The quantitative estimate of drug-likeness (QED) is 0.562. The fourth-order valence-corrected chi connectivity index (χ4v) is 6.20. The number of hydrogen-bond donors (Lipinski definition) is 2. The van der Waals surface area contributed by atoms with Crippen LogP contribution in [0.4, 0.5) is 0 Å². The molecule has 4 rings (SSSR count). The van der Waals surface area contributed by atoms with Crippen molar-refractivity contribution in [1.82, 2.24) is 20.5 Å². The van der Waals surface area contributed by atoms with Gasteiger partial charge < -0.3 is 15.1 Å². The Labute approximate surface area is 214 Å². The molecular formula is C27H41N5O2S. The third-order valence-corrected chi connectivity index (χ3v) is 8.36. The highest BCUT2D eigenvalue weighted by Gasteiger charge is 2.52. The Hall–Kier alpha value is -2.22. The number of fused-ring (bicyclic) bond motifs is 3. The Morgan fingerprint density at radius 2 is 1.91 bits per heavy atom. The van der Waals surface area contributed by atoms with Crippen molar-refractivity contribution in [3.8, 4) is 0 Å². The van der Waals surface area contributed by atoms with Crippen molar-refractivity contribution in [3.63, 3.8) is 0 Å². The van der Waals surface area contributed by atoms with E-state index in [1.165, 1.54) is 11.1 Å². The predicted molar refractivity (Wildman–Crippen MR) is 142 cm³/mol. The van der Waals surface area contributed by atoms with Gasteiger partial charge in [-0.1, -0.05) is 69.3 Å². The van der Waals surface area contributed by atoms with E-state index in [0.717, 1.165) is 36.7 Å². The largest absolute Gasteiger partial charge is 0.356 e. The molecule has 2 aliphatic heterocycles. The topological polar surface area (TPSA) is 77.0 Å². The van der Waals surface area contributed by atoms with E-state index in [4.69, 9.17) is 5.10 Å². The smallest absolute Gasteiger partial charge is 0.230 e. The highest BCUT2D eigenvalue weighted by atomic mass is 32.2. The van der Waals surface area contributed by atoms with Gasteiger partial charge in [0.2, 0.25) is 11.8 Å². The highest BCUT2D eigenvalue weighted by Crippen LogP contribution is 2.41. The normalized spacial score (nSPS) is 25.9. The van der Waals surface area contributed by atoms with Gasteiger partial charge in [0.05, 0.1) is 5.92 Å². The van der Waals surface area contributed by atoms with Gasteiger partial charge in [0.1, 0.15) is 0 Å². The Balaban J connectivity index is 1.52. The molecule has 1 aliphatic carbocycles. The van der Waals surface area contributed by atoms with E-state index in [1.54, 1.807) is 11.8 Å². The molecule has 192 valence electrons. The van der Waals surface area contributed by atoms with Crippen molar-refractivity contribution in [2.75, 3.05) is 13.1 Å².